The molecule has 2 unspecified atom stereocenters. The Balaban J connectivity index is 1.85. The molecular formula is C15H23NO3. The molecule has 0 bridgehead atoms. The quantitative estimate of drug-likeness (QED) is 0.673. The molecule has 1 aliphatic rings. The zero-order valence-electron chi connectivity index (χ0n) is 11.4. The van der Waals surface area contributed by atoms with Crippen molar-refractivity contribution in [1.82, 2.24) is 5.32 Å². The summed E-state index contributed by atoms with van der Waals surface area (Å²) in [6.07, 6.45) is 3.94. The second-order valence-electron chi connectivity index (χ2n) is 5.84. The Bertz CT molecular complexity index is 435. The number of rotatable bonds is 4. The Morgan fingerprint density at radius 3 is 2.84 bits per heavy atom. The van der Waals surface area contributed by atoms with E-state index < -0.39 is 5.60 Å². The summed E-state index contributed by atoms with van der Waals surface area (Å²) >= 11 is 0. The van der Waals surface area contributed by atoms with Gasteiger partial charge in [0.25, 0.3) is 0 Å². The van der Waals surface area contributed by atoms with E-state index in [4.69, 9.17) is 0 Å². The molecule has 0 spiro atoms. The van der Waals surface area contributed by atoms with Gasteiger partial charge in [0.2, 0.25) is 0 Å². The van der Waals surface area contributed by atoms with Crippen molar-refractivity contribution in [3.8, 4) is 11.5 Å². The van der Waals surface area contributed by atoms with Crippen LogP contribution < -0.4 is 5.32 Å². The molecule has 4 heteroatoms. The van der Waals surface area contributed by atoms with Gasteiger partial charge in [-0.15, -0.1) is 0 Å². The van der Waals surface area contributed by atoms with Crippen molar-refractivity contribution < 1.29 is 15.3 Å². The van der Waals surface area contributed by atoms with Gasteiger partial charge in [0, 0.05) is 24.7 Å². The fourth-order valence-corrected chi connectivity index (χ4v) is 2.92. The van der Waals surface area contributed by atoms with Crippen molar-refractivity contribution >= 4 is 0 Å². The van der Waals surface area contributed by atoms with Crippen LogP contribution in [0.3, 0.4) is 0 Å². The maximum atomic E-state index is 10.5. The predicted octanol–water partition coefficient (Wildman–Crippen LogP) is 2.13. The molecule has 1 saturated carbocycles. The van der Waals surface area contributed by atoms with E-state index in [1.807, 2.05) is 0 Å². The third-order valence-corrected chi connectivity index (χ3v) is 3.91. The minimum Gasteiger partial charge on any atom is -0.508 e. The average molecular weight is 265 g/mol. The van der Waals surface area contributed by atoms with Crippen LogP contribution in [0.5, 0.6) is 11.5 Å². The molecule has 2 atom stereocenters. The average Bonchev–Trinajstić information content (AvgIpc) is 2.31. The number of phenolic OH excluding ortho intramolecular Hbond substituents is 2. The number of aliphatic hydroxyl groups is 1. The monoisotopic (exact) mass is 265 g/mol. The summed E-state index contributed by atoms with van der Waals surface area (Å²) in [4.78, 5) is 0. The molecule has 1 aliphatic carbocycles. The number of hydrogen-bond acceptors (Lipinski definition) is 4. The van der Waals surface area contributed by atoms with Crippen LogP contribution in [-0.2, 0) is 6.54 Å². The summed E-state index contributed by atoms with van der Waals surface area (Å²) in [6.45, 7) is 3.20. The second-order valence-corrected chi connectivity index (χ2v) is 5.84. The number of aromatic hydroxyl groups is 2. The van der Waals surface area contributed by atoms with E-state index in [1.165, 1.54) is 12.5 Å². The molecular weight excluding hydrogens is 242 g/mol. The first-order valence-electron chi connectivity index (χ1n) is 6.92. The lowest BCUT2D eigenvalue weighted by Gasteiger charge is -2.35. The van der Waals surface area contributed by atoms with Crippen LogP contribution in [-0.4, -0.2) is 27.5 Å². The lowest BCUT2D eigenvalue weighted by molar-refractivity contribution is -0.0119. The molecule has 4 N–H and O–H groups in total. The van der Waals surface area contributed by atoms with Gasteiger partial charge >= 0.3 is 0 Å². The highest BCUT2D eigenvalue weighted by molar-refractivity contribution is 5.38. The van der Waals surface area contributed by atoms with Crippen molar-refractivity contribution in [2.24, 2.45) is 5.92 Å². The molecule has 106 valence electrons. The Morgan fingerprint density at radius 1 is 1.37 bits per heavy atom. The summed E-state index contributed by atoms with van der Waals surface area (Å²) < 4.78 is 0. The topological polar surface area (TPSA) is 72.7 Å². The highest BCUT2D eigenvalue weighted by Gasteiger charge is 2.31. The van der Waals surface area contributed by atoms with Gasteiger partial charge in [0.1, 0.15) is 11.5 Å². The van der Waals surface area contributed by atoms with Gasteiger partial charge in [-0.1, -0.05) is 25.8 Å². The fraction of sp³-hybridized carbons (Fsp3) is 0.600. The van der Waals surface area contributed by atoms with Gasteiger partial charge in [-0.25, -0.2) is 0 Å². The van der Waals surface area contributed by atoms with Gasteiger partial charge < -0.3 is 20.6 Å². The zero-order chi connectivity index (χ0) is 13.9. The molecule has 4 nitrogen and oxygen atoms in total. The van der Waals surface area contributed by atoms with E-state index in [1.54, 1.807) is 12.1 Å². The Morgan fingerprint density at radius 2 is 2.16 bits per heavy atom. The van der Waals surface area contributed by atoms with Gasteiger partial charge in [-0.2, -0.15) is 0 Å². The first-order chi connectivity index (χ1) is 8.98. The predicted molar refractivity (Wildman–Crippen MR) is 74.1 cm³/mol. The molecule has 0 heterocycles. The van der Waals surface area contributed by atoms with Crippen molar-refractivity contribution in [2.45, 2.75) is 44.8 Å². The molecule has 0 aromatic heterocycles. The van der Waals surface area contributed by atoms with Crippen molar-refractivity contribution in [3.05, 3.63) is 23.8 Å². The van der Waals surface area contributed by atoms with Gasteiger partial charge in [0.05, 0.1) is 5.60 Å². The zero-order valence-corrected chi connectivity index (χ0v) is 11.4. The van der Waals surface area contributed by atoms with E-state index >= 15 is 0 Å². The smallest absolute Gasteiger partial charge is 0.123 e. The van der Waals surface area contributed by atoms with Crippen LogP contribution in [0.15, 0.2) is 18.2 Å². The highest BCUT2D eigenvalue weighted by atomic mass is 16.3. The van der Waals surface area contributed by atoms with Crippen LogP contribution in [0.25, 0.3) is 0 Å². The van der Waals surface area contributed by atoms with Crippen LogP contribution in [0.1, 0.15) is 38.2 Å². The maximum absolute atomic E-state index is 10.5. The lowest BCUT2D eigenvalue weighted by Crippen LogP contribution is -2.43. The Labute approximate surface area is 114 Å². The third kappa shape index (κ3) is 3.85. The molecule has 2 rings (SSSR count). The van der Waals surface area contributed by atoms with E-state index in [-0.39, 0.29) is 11.5 Å². The molecule has 1 aromatic rings. The highest BCUT2D eigenvalue weighted by Crippen LogP contribution is 2.31. The van der Waals surface area contributed by atoms with Crippen LogP contribution >= 0.6 is 0 Å². The summed E-state index contributed by atoms with van der Waals surface area (Å²) in [7, 11) is 0. The van der Waals surface area contributed by atoms with E-state index in [2.05, 4.69) is 12.2 Å². The Kier molecular flexibility index (Phi) is 4.32. The standard InChI is InChI=1S/C15H23NO3/c1-11-3-2-6-15(19,8-11)10-16-9-12-4-5-13(17)7-14(12)18/h4-5,7,11,16-19H,2-3,6,8-10H2,1H3. The number of benzene rings is 1. The van der Waals surface area contributed by atoms with Crippen LogP contribution in [0, 0.1) is 5.92 Å². The van der Waals surface area contributed by atoms with Crippen molar-refractivity contribution in [3.63, 3.8) is 0 Å². The normalized spacial score (nSPS) is 27.4. The van der Waals surface area contributed by atoms with Crippen molar-refractivity contribution in [2.75, 3.05) is 6.54 Å². The minimum absolute atomic E-state index is 0.0565. The van der Waals surface area contributed by atoms with Crippen LogP contribution in [0.2, 0.25) is 0 Å². The number of nitrogens with one attached hydrogen (secondary N) is 1. The van der Waals surface area contributed by atoms with Crippen molar-refractivity contribution in [1.29, 1.82) is 0 Å². The summed E-state index contributed by atoms with van der Waals surface area (Å²) in [5.74, 6) is 0.708. The summed E-state index contributed by atoms with van der Waals surface area (Å²) in [6, 6.07) is 4.56. The first-order valence-corrected chi connectivity index (χ1v) is 6.92. The van der Waals surface area contributed by atoms with Gasteiger partial charge in [-0.3, -0.25) is 0 Å². The van der Waals surface area contributed by atoms with Gasteiger partial charge in [0.15, 0.2) is 0 Å². The lowest BCUT2D eigenvalue weighted by atomic mass is 9.79. The summed E-state index contributed by atoms with van der Waals surface area (Å²) in [5.41, 5.74) is 0.106. The Hall–Kier alpha value is -1.26. The second kappa shape index (κ2) is 5.80. The minimum atomic E-state index is -0.621. The number of phenols is 2. The third-order valence-electron chi connectivity index (χ3n) is 3.91. The SMILES string of the molecule is CC1CCCC(O)(CNCc2ccc(O)cc2O)C1. The first kappa shape index (κ1) is 14.2. The molecule has 19 heavy (non-hydrogen) atoms. The largest absolute Gasteiger partial charge is 0.508 e. The molecule has 0 aliphatic heterocycles. The molecule has 0 saturated heterocycles. The molecule has 1 aromatic carbocycles. The maximum Gasteiger partial charge on any atom is 0.123 e. The number of hydrogen-bond donors (Lipinski definition) is 4. The van der Waals surface area contributed by atoms with E-state index in [0.29, 0.717) is 19.0 Å². The molecule has 0 amide bonds. The van der Waals surface area contributed by atoms with Gasteiger partial charge in [-0.05, 0) is 24.8 Å². The molecule has 0 radical (unpaired) electrons. The summed E-state index contributed by atoms with van der Waals surface area (Å²) in [5, 5.41) is 32.6. The fourth-order valence-electron chi connectivity index (χ4n) is 2.92. The van der Waals surface area contributed by atoms with E-state index in [9.17, 15) is 15.3 Å². The van der Waals surface area contributed by atoms with E-state index in [0.717, 1.165) is 24.8 Å². The molecule has 1 fully saturated rings. The van der Waals surface area contributed by atoms with Crippen LogP contribution in [0.4, 0.5) is 0 Å².